The minimum atomic E-state index is -0.0440. The van der Waals surface area contributed by atoms with Crippen molar-refractivity contribution in [3.63, 3.8) is 0 Å². The molecule has 1 amide bonds. The molecule has 0 spiro atoms. The zero-order valence-electron chi connectivity index (χ0n) is 16.5. The van der Waals surface area contributed by atoms with Crippen LogP contribution in [-0.2, 0) is 5.54 Å². The molecule has 3 nitrogen and oxygen atoms in total. The molecule has 0 unspecified atom stereocenters. The molecule has 0 aliphatic heterocycles. The molecule has 3 rings (SSSR count). The maximum atomic E-state index is 12.5. The van der Waals surface area contributed by atoms with Gasteiger partial charge in [0.15, 0.2) is 0 Å². The summed E-state index contributed by atoms with van der Waals surface area (Å²) in [6.45, 7) is 9.56. The third kappa shape index (κ3) is 4.42. The van der Waals surface area contributed by atoms with E-state index in [0.717, 1.165) is 44.3 Å². The molecule has 1 saturated carbocycles. The van der Waals surface area contributed by atoms with Gasteiger partial charge in [0.05, 0.1) is 0 Å². The number of nitrogens with one attached hydrogen (secondary N) is 1. The predicted octanol–water partition coefficient (Wildman–Crippen LogP) is 4.93. The summed E-state index contributed by atoms with van der Waals surface area (Å²) >= 11 is 0. The highest BCUT2D eigenvalue weighted by molar-refractivity contribution is 5.94. The maximum Gasteiger partial charge on any atom is 0.251 e. The van der Waals surface area contributed by atoms with Gasteiger partial charge in [-0.1, -0.05) is 60.7 Å². The van der Waals surface area contributed by atoms with E-state index in [2.05, 4.69) is 53.7 Å². The van der Waals surface area contributed by atoms with E-state index >= 15 is 0 Å². The van der Waals surface area contributed by atoms with Crippen LogP contribution in [-0.4, -0.2) is 29.9 Å². The van der Waals surface area contributed by atoms with E-state index in [1.165, 1.54) is 5.56 Å². The number of carbonyl (C=O) groups is 1. The minimum absolute atomic E-state index is 0.0202. The van der Waals surface area contributed by atoms with Crippen molar-refractivity contribution >= 4 is 5.91 Å². The van der Waals surface area contributed by atoms with Crippen molar-refractivity contribution in [2.75, 3.05) is 13.1 Å². The first-order valence-corrected chi connectivity index (χ1v) is 10.1. The molecule has 0 saturated heterocycles. The number of hydrogen-bond donors (Lipinski definition) is 1. The Hall–Kier alpha value is -2.65. The molecule has 0 heterocycles. The van der Waals surface area contributed by atoms with E-state index in [0.29, 0.717) is 0 Å². The first-order chi connectivity index (χ1) is 13.7. The summed E-state index contributed by atoms with van der Waals surface area (Å²) in [4.78, 5) is 15.0. The SMILES string of the molecule is C=CCN(CC=C)C1(c2ccccc2)CCC(NC(=O)c2ccccc2)CC1. The Bertz CT molecular complexity index is 767. The lowest BCUT2D eigenvalue weighted by Gasteiger charge is -2.48. The molecule has 1 aliphatic carbocycles. The van der Waals surface area contributed by atoms with Crippen LogP contribution in [0.1, 0.15) is 41.6 Å². The van der Waals surface area contributed by atoms with Crippen LogP contribution in [0.15, 0.2) is 86.0 Å². The van der Waals surface area contributed by atoms with E-state index in [9.17, 15) is 4.79 Å². The Morgan fingerprint density at radius 2 is 1.50 bits per heavy atom. The summed E-state index contributed by atoms with van der Waals surface area (Å²) in [6.07, 6.45) is 7.85. The van der Waals surface area contributed by atoms with Gasteiger partial charge in [0.25, 0.3) is 5.91 Å². The lowest BCUT2D eigenvalue weighted by molar-refractivity contribution is 0.0561. The van der Waals surface area contributed by atoms with Crippen LogP contribution in [0.2, 0.25) is 0 Å². The van der Waals surface area contributed by atoms with Gasteiger partial charge in [0.1, 0.15) is 0 Å². The topological polar surface area (TPSA) is 32.3 Å². The Labute approximate surface area is 168 Å². The number of benzene rings is 2. The number of rotatable bonds is 8. The summed E-state index contributed by atoms with van der Waals surface area (Å²) in [6, 6.07) is 20.4. The molecule has 2 aromatic carbocycles. The molecule has 0 radical (unpaired) electrons. The van der Waals surface area contributed by atoms with Crippen molar-refractivity contribution in [3.8, 4) is 0 Å². The highest BCUT2D eigenvalue weighted by Gasteiger charge is 2.41. The standard InChI is InChI=1S/C25H30N2O/c1-3-19-27(20-4-2)25(22-13-9-6-10-14-22)17-15-23(16-18-25)26-24(28)21-11-7-5-8-12-21/h3-14,23H,1-2,15-20H2,(H,26,28). The molecular weight excluding hydrogens is 344 g/mol. The van der Waals surface area contributed by atoms with Gasteiger partial charge in [-0.15, -0.1) is 13.2 Å². The molecule has 0 bridgehead atoms. The summed E-state index contributed by atoms with van der Waals surface area (Å²) in [5.74, 6) is 0.0202. The molecule has 146 valence electrons. The fourth-order valence-corrected chi connectivity index (χ4v) is 4.37. The van der Waals surface area contributed by atoms with E-state index in [1.807, 2.05) is 42.5 Å². The second-order valence-electron chi connectivity index (χ2n) is 7.49. The van der Waals surface area contributed by atoms with Crippen LogP contribution in [0.25, 0.3) is 0 Å². The van der Waals surface area contributed by atoms with Gasteiger partial charge in [0, 0.05) is 30.2 Å². The van der Waals surface area contributed by atoms with Gasteiger partial charge in [-0.2, -0.15) is 0 Å². The molecule has 28 heavy (non-hydrogen) atoms. The third-order valence-corrected chi connectivity index (χ3v) is 5.80. The number of nitrogens with zero attached hydrogens (tertiary/aromatic N) is 1. The fraction of sp³-hybridized carbons (Fsp3) is 0.320. The second kappa shape index (κ2) is 9.52. The third-order valence-electron chi connectivity index (χ3n) is 5.80. The van der Waals surface area contributed by atoms with Crippen LogP contribution in [0.4, 0.5) is 0 Å². The average molecular weight is 375 g/mol. The van der Waals surface area contributed by atoms with Crippen LogP contribution in [0.3, 0.4) is 0 Å². The molecule has 1 N–H and O–H groups in total. The molecule has 2 aromatic rings. The summed E-state index contributed by atoms with van der Waals surface area (Å²) in [7, 11) is 0. The van der Waals surface area contributed by atoms with E-state index in [-0.39, 0.29) is 17.5 Å². The molecule has 0 atom stereocenters. The normalized spacial score (nSPS) is 21.8. The van der Waals surface area contributed by atoms with E-state index in [1.54, 1.807) is 0 Å². The lowest BCUT2D eigenvalue weighted by atomic mass is 9.73. The highest BCUT2D eigenvalue weighted by Crippen LogP contribution is 2.42. The summed E-state index contributed by atoms with van der Waals surface area (Å²) in [5.41, 5.74) is 2.02. The molecule has 0 aromatic heterocycles. The van der Waals surface area contributed by atoms with Gasteiger partial charge >= 0.3 is 0 Å². The number of amides is 1. The van der Waals surface area contributed by atoms with Gasteiger partial charge in [0.2, 0.25) is 0 Å². The summed E-state index contributed by atoms with van der Waals surface area (Å²) in [5, 5.41) is 3.23. The van der Waals surface area contributed by atoms with Crippen molar-refractivity contribution in [2.24, 2.45) is 0 Å². The van der Waals surface area contributed by atoms with Gasteiger partial charge in [-0.05, 0) is 43.4 Å². The highest BCUT2D eigenvalue weighted by atomic mass is 16.1. The monoisotopic (exact) mass is 374 g/mol. The molecule has 1 fully saturated rings. The van der Waals surface area contributed by atoms with Crippen molar-refractivity contribution in [3.05, 3.63) is 97.1 Å². The van der Waals surface area contributed by atoms with Crippen molar-refractivity contribution < 1.29 is 4.79 Å². The Morgan fingerprint density at radius 3 is 2.04 bits per heavy atom. The lowest BCUT2D eigenvalue weighted by Crippen LogP contribution is -2.51. The Balaban J connectivity index is 1.76. The largest absolute Gasteiger partial charge is 0.349 e. The quantitative estimate of drug-likeness (QED) is 0.665. The van der Waals surface area contributed by atoms with Gasteiger partial charge < -0.3 is 5.32 Å². The van der Waals surface area contributed by atoms with Crippen LogP contribution < -0.4 is 5.32 Å². The zero-order chi connectivity index (χ0) is 19.8. The molecule has 1 aliphatic rings. The fourth-order valence-electron chi connectivity index (χ4n) is 4.37. The Morgan fingerprint density at radius 1 is 0.964 bits per heavy atom. The summed E-state index contributed by atoms with van der Waals surface area (Å²) < 4.78 is 0. The second-order valence-corrected chi connectivity index (χ2v) is 7.49. The zero-order valence-corrected chi connectivity index (χ0v) is 16.5. The Kier molecular flexibility index (Phi) is 6.83. The molecule has 3 heteroatoms. The van der Waals surface area contributed by atoms with Crippen LogP contribution >= 0.6 is 0 Å². The van der Waals surface area contributed by atoms with Gasteiger partial charge in [-0.25, -0.2) is 0 Å². The van der Waals surface area contributed by atoms with E-state index < -0.39 is 0 Å². The minimum Gasteiger partial charge on any atom is -0.349 e. The van der Waals surface area contributed by atoms with E-state index in [4.69, 9.17) is 0 Å². The first kappa shape index (κ1) is 20.1. The van der Waals surface area contributed by atoms with Crippen molar-refractivity contribution in [2.45, 2.75) is 37.3 Å². The van der Waals surface area contributed by atoms with Crippen molar-refractivity contribution in [1.82, 2.24) is 10.2 Å². The predicted molar refractivity (Wildman–Crippen MR) is 116 cm³/mol. The van der Waals surface area contributed by atoms with Crippen LogP contribution in [0.5, 0.6) is 0 Å². The number of carbonyl (C=O) groups excluding carboxylic acids is 1. The van der Waals surface area contributed by atoms with Crippen molar-refractivity contribution in [1.29, 1.82) is 0 Å². The average Bonchev–Trinajstić information content (AvgIpc) is 2.75. The van der Waals surface area contributed by atoms with Gasteiger partial charge in [-0.3, -0.25) is 9.69 Å². The first-order valence-electron chi connectivity index (χ1n) is 10.1. The molecular formula is C25H30N2O. The number of hydrogen-bond acceptors (Lipinski definition) is 2. The smallest absolute Gasteiger partial charge is 0.251 e. The van der Waals surface area contributed by atoms with Crippen LogP contribution in [0, 0.1) is 0 Å². The maximum absolute atomic E-state index is 12.5.